The van der Waals surface area contributed by atoms with Gasteiger partial charge in [-0.15, -0.1) is 10.2 Å². The molecule has 2 aromatic carbocycles. The van der Waals surface area contributed by atoms with Gasteiger partial charge in [-0.25, -0.2) is 0 Å². The lowest BCUT2D eigenvalue weighted by molar-refractivity contribution is -0.134. The molecule has 7 nitrogen and oxygen atoms in total. The molecule has 1 heterocycles. The molecule has 0 aliphatic rings. The zero-order valence-electron chi connectivity index (χ0n) is 13.1. The molecule has 126 valence electrons. The number of rotatable bonds is 2. The van der Waals surface area contributed by atoms with Gasteiger partial charge in [-0.3, -0.25) is 9.59 Å². The smallest absolute Gasteiger partial charge is 0.353 e. The summed E-state index contributed by atoms with van der Waals surface area (Å²) in [7, 11) is 0. The predicted octanol–water partition coefficient (Wildman–Crippen LogP) is 4.19. The van der Waals surface area contributed by atoms with Crippen molar-refractivity contribution in [3.8, 4) is 5.88 Å². The fraction of sp³-hybridized carbons (Fsp3) is 0.0588. The lowest BCUT2D eigenvalue weighted by Crippen LogP contribution is -2.20. The minimum atomic E-state index is -1.06. The molecule has 0 bridgehead atoms. The fourth-order valence-corrected chi connectivity index (χ4v) is 2.65. The van der Waals surface area contributed by atoms with Gasteiger partial charge in [0.05, 0.1) is 5.52 Å². The van der Waals surface area contributed by atoms with Crippen LogP contribution in [0.25, 0.3) is 10.9 Å². The molecule has 0 unspecified atom stereocenters. The van der Waals surface area contributed by atoms with E-state index in [0.29, 0.717) is 16.6 Å². The number of hydrogen-bond donors (Lipinski definition) is 3. The van der Waals surface area contributed by atoms with E-state index < -0.39 is 11.8 Å². The van der Waals surface area contributed by atoms with Gasteiger partial charge in [-0.1, -0.05) is 28.1 Å². The lowest BCUT2D eigenvalue weighted by Gasteiger charge is -2.02. The number of nitrogens with zero attached hydrogens (tertiary/aromatic N) is 2. The molecule has 0 saturated heterocycles. The molecule has 3 N–H and O–H groups in total. The zero-order valence-corrected chi connectivity index (χ0v) is 14.7. The van der Waals surface area contributed by atoms with E-state index in [1.54, 1.807) is 36.4 Å². The van der Waals surface area contributed by atoms with Crippen LogP contribution in [0.15, 0.2) is 57.2 Å². The Morgan fingerprint density at radius 1 is 1.20 bits per heavy atom. The normalized spacial score (nSPS) is 11.1. The van der Waals surface area contributed by atoms with Gasteiger partial charge in [0, 0.05) is 15.5 Å². The van der Waals surface area contributed by atoms with E-state index in [1.165, 1.54) is 0 Å². The first-order valence-corrected chi connectivity index (χ1v) is 8.07. The third-order valence-electron chi connectivity index (χ3n) is 3.43. The van der Waals surface area contributed by atoms with Crippen LogP contribution in [0.3, 0.4) is 0 Å². The number of carbonyl (C=O) groups excluding carboxylic acids is 2. The van der Waals surface area contributed by atoms with Crippen LogP contribution in [-0.2, 0) is 9.59 Å². The van der Waals surface area contributed by atoms with Crippen LogP contribution in [0.2, 0.25) is 0 Å². The zero-order chi connectivity index (χ0) is 18.0. The summed E-state index contributed by atoms with van der Waals surface area (Å²) in [5.74, 6) is -2.20. The van der Waals surface area contributed by atoms with Gasteiger partial charge in [0.1, 0.15) is 0 Å². The third kappa shape index (κ3) is 3.74. The number of aromatic hydroxyl groups is 1. The molecule has 0 spiro atoms. The third-order valence-corrected chi connectivity index (χ3v) is 3.92. The highest BCUT2D eigenvalue weighted by Crippen LogP contribution is 2.36. The Morgan fingerprint density at radius 2 is 2.00 bits per heavy atom. The molecule has 0 radical (unpaired) electrons. The first kappa shape index (κ1) is 16.8. The monoisotopic (exact) mass is 400 g/mol. The van der Waals surface area contributed by atoms with E-state index in [1.807, 2.05) is 13.0 Å². The highest BCUT2D eigenvalue weighted by atomic mass is 79.9. The quantitative estimate of drug-likeness (QED) is 0.443. The molecule has 1 aromatic heterocycles. The van der Waals surface area contributed by atoms with Gasteiger partial charge in [0.2, 0.25) is 5.88 Å². The summed E-state index contributed by atoms with van der Waals surface area (Å²) in [6.07, 6.45) is 0. The van der Waals surface area contributed by atoms with Gasteiger partial charge < -0.3 is 15.4 Å². The number of hydrogen-bond acceptors (Lipinski definition) is 4. The number of aromatic amines is 1. The molecule has 0 aliphatic carbocycles. The maximum atomic E-state index is 11.9. The molecule has 3 rings (SSSR count). The van der Waals surface area contributed by atoms with E-state index in [-0.39, 0.29) is 11.6 Å². The van der Waals surface area contributed by atoms with Crippen LogP contribution < -0.4 is 5.32 Å². The second kappa shape index (κ2) is 6.86. The first-order valence-electron chi connectivity index (χ1n) is 7.28. The van der Waals surface area contributed by atoms with Crippen molar-refractivity contribution < 1.29 is 14.7 Å². The first-order chi connectivity index (χ1) is 11.9. The Kier molecular flexibility index (Phi) is 4.62. The number of benzene rings is 2. The van der Waals surface area contributed by atoms with Crippen LogP contribution >= 0.6 is 15.9 Å². The van der Waals surface area contributed by atoms with Crippen molar-refractivity contribution in [2.75, 3.05) is 5.32 Å². The number of amides is 2. The average molecular weight is 401 g/mol. The lowest BCUT2D eigenvalue weighted by atomic mass is 10.2. The summed E-state index contributed by atoms with van der Waals surface area (Å²) < 4.78 is 0.777. The number of halogens is 1. The summed E-state index contributed by atoms with van der Waals surface area (Å²) in [6, 6.07) is 12.3. The minimum absolute atomic E-state index is 0.0907. The topological polar surface area (TPSA) is 107 Å². The summed E-state index contributed by atoms with van der Waals surface area (Å²) in [5.41, 5.74) is 2.16. The second-order valence-corrected chi connectivity index (χ2v) is 6.26. The van der Waals surface area contributed by atoms with Gasteiger partial charge in [0.15, 0.2) is 5.69 Å². The predicted molar refractivity (Wildman–Crippen MR) is 97.0 cm³/mol. The van der Waals surface area contributed by atoms with Gasteiger partial charge in [-0.05, 0) is 42.8 Å². The van der Waals surface area contributed by atoms with Crippen molar-refractivity contribution in [1.82, 2.24) is 4.98 Å². The Bertz CT molecular complexity index is 1010. The molecular formula is C17H13BrN4O3. The van der Waals surface area contributed by atoms with Crippen molar-refractivity contribution in [2.24, 2.45) is 10.2 Å². The Labute approximate surface area is 150 Å². The summed E-state index contributed by atoms with van der Waals surface area (Å²) in [5, 5.41) is 20.1. The number of aromatic nitrogens is 1. The number of anilines is 1. The largest absolute Gasteiger partial charge is 0.493 e. The van der Waals surface area contributed by atoms with E-state index in [9.17, 15) is 14.7 Å². The van der Waals surface area contributed by atoms with Gasteiger partial charge >= 0.3 is 11.8 Å². The second-order valence-electron chi connectivity index (χ2n) is 5.34. The van der Waals surface area contributed by atoms with Crippen molar-refractivity contribution in [3.63, 3.8) is 0 Å². The SMILES string of the molecule is Cc1cccc(NC(=O)C(=O)N=Nc2c(O)[nH]c3ccc(Br)cc23)c1. The highest BCUT2D eigenvalue weighted by Gasteiger charge is 2.15. The highest BCUT2D eigenvalue weighted by molar-refractivity contribution is 9.10. The maximum Gasteiger partial charge on any atom is 0.353 e. The van der Waals surface area contributed by atoms with Crippen molar-refractivity contribution >= 4 is 50.0 Å². The molecule has 0 aliphatic heterocycles. The van der Waals surface area contributed by atoms with Crippen LogP contribution in [0.1, 0.15) is 5.56 Å². The Morgan fingerprint density at radius 3 is 2.76 bits per heavy atom. The van der Waals surface area contributed by atoms with Gasteiger partial charge in [-0.2, -0.15) is 0 Å². The summed E-state index contributed by atoms with van der Waals surface area (Å²) >= 11 is 3.32. The van der Waals surface area contributed by atoms with Crippen LogP contribution in [0, 0.1) is 6.92 Å². The molecule has 25 heavy (non-hydrogen) atoms. The number of azo groups is 1. The van der Waals surface area contributed by atoms with Crippen LogP contribution in [-0.4, -0.2) is 21.9 Å². The molecule has 3 aromatic rings. The van der Waals surface area contributed by atoms with E-state index in [0.717, 1.165) is 10.0 Å². The molecule has 2 amide bonds. The van der Waals surface area contributed by atoms with Gasteiger partial charge in [0.25, 0.3) is 0 Å². The Balaban J connectivity index is 1.79. The van der Waals surface area contributed by atoms with E-state index in [2.05, 4.69) is 36.5 Å². The number of nitrogens with one attached hydrogen (secondary N) is 2. The van der Waals surface area contributed by atoms with E-state index in [4.69, 9.17) is 0 Å². The standard InChI is InChI=1S/C17H13BrN4O3/c1-9-3-2-4-11(7-9)19-16(24)17(25)22-21-14-12-8-10(18)5-6-13(12)20-15(14)23/h2-8,20,23H,1H3,(H,19,24). The summed E-state index contributed by atoms with van der Waals surface area (Å²) in [6.45, 7) is 1.87. The van der Waals surface area contributed by atoms with Crippen LogP contribution in [0.5, 0.6) is 5.88 Å². The van der Waals surface area contributed by atoms with Crippen molar-refractivity contribution in [1.29, 1.82) is 0 Å². The average Bonchev–Trinajstić information content (AvgIpc) is 2.87. The fourth-order valence-electron chi connectivity index (χ4n) is 2.29. The number of aryl methyl sites for hydroxylation is 1. The summed E-state index contributed by atoms with van der Waals surface area (Å²) in [4.78, 5) is 26.5. The number of carbonyl (C=O) groups is 2. The Hall–Kier alpha value is -3.00. The molecule has 0 fully saturated rings. The maximum absolute atomic E-state index is 11.9. The van der Waals surface area contributed by atoms with Crippen molar-refractivity contribution in [2.45, 2.75) is 6.92 Å². The number of fused-ring (bicyclic) bond motifs is 1. The van der Waals surface area contributed by atoms with Crippen LogP contribution in [0.4, 0.5) is 11.4 Å². The molecule has 0 saturated carbocycles. The van der Waals surface area contributed by atoms with Crippen molar-refractivity contribution in [3.05, 3.63) is 52.5 Å². The molecule has 0 atom stereocenters. The molecular weight excluding hydrogens is 388 g/mol. The number of H-pyrrole nitrogens is 1. The minimum Gasteiger partial charge on any atom is -0.493 e. The molecule has 8 heteroatoms. The van der Waals surface area contributed by atoms with E-state index >= 15 is 0 Å².